The molecule has 0 spiro atoms. The summed E-state index contributed by atoms with van der Waals surface area (Å²) in [6, 6.07) is 0. The molecular formula is C16H48O6. The predicted octanol–water partition coefficient (Wildman–Crippen LogP) is 5.40. The summed E-state index contributed by atoms with van der Waals surface area (Å²) in [5.41, 5.74) is 0. The Morgan fingerprint density at radius 3 is 0.818 bits per heavy atom. The van der Waals surface area contributed by atoms with E-state index in [1.807, 2.05) is 0 Å². The first-order chi connectivity index (χ1) is 6.54. The van der Waals surface area contributed by atoms with Crippen molar-refractivity contribution in [3.63, 3.8) is 0 Å². The third-order valence-electron chi connectivity index (χ3n) is 0.760. The van der Waals surface area contributed by atoms with E-state index < -0.39 is 0 Å². The standard InChI is InChI=1S/2C4H8O3.8CH4/c2*1-4(5)7-3-6-2;;;;;;;;/h2*3H2,1-2H3;8*1H4. The zero-order valence-electron chi connectivity index (χ0n) is 8.86. The lowest BCUT2D eigenvalue weighted by Crippen LogP contribution is -2.00. The second kappa shape index (κ2) is 59.9. The second-order valence-corrected chi connectivity index (χ2v) is 2.08. The maximum atomic E-state index is 9.90. The Kier molecular flexibility index (Phi) is 190. The van der Waals surface area contributed by atoms with Crippen LogP contribution in [0.1, 0.15) is 73.3 Å². The smallest absolute Gasteiger partial charge is 0.304 e. The molecule has 0 aliphatic heterocycles. The fourth-order valence-electron chi connectivity index (χ4n) is 0.284. The molecule has 0 aromatic rings. The minimum atomic E-state index is -0.318. The summed E-state index contributed by atoms with van der Waals surface area (Å²) < 4.78 is 17.5. The van der Waals surface area contributed by atoms with Gasteiger partial charge in [0.1, 0.15) is 0 Å². The van der Waals surface area contributed by atoms with Crippen LogP contribution >= 0.6 is 0 Å². The monoisotopic (exact) mass is 336 g/mol. The van der Waals surface area contributed by atoms with E-state index in [1.54, 1.807) is 0 Å². The summed E-state index contributed by atoms with van der Waals surface area (Å²) in [5, 5.41) is 0. The number of carbonyl (C=O) groups is 2. The molecule has 6 heteroatoms. The van der Waals surface area contributed by atoms with Gasteiger partial charge in [0.15, 0.2) is 13.6 Å². The largest absolute Gasteiger partial charge is 0.439 e. The highest BCUT2D eigenvalue weighted by Crippen LogP contribution is 1.73. The van der Waals surface area contributed by atoms with Crippen LogP contribution in [0.5, 0.6) is 0 Å². The van der Waals surface area contributed by atoms with E-state index in [0.717, 1.165) is 0 Å². The maximum absolute atomic E-state index is 9.90. The van der Waals surface area contributed by atoms with Crippen LogP contribution in [0.15, 0.2) is 0 Å². The van der Waals surface area contributed by atoms with Crippen molar-refractivity contribution in [1.29, 1.82) is 0 Å². The normalized spacial score (nSPS) is 5.27. The molecule has 0 unspecified atom stereocenters. The molecule has 0 fully saturated rings. The van der Waals surface area contributed by atoms with E-state index in [4.69, 9.17) is 0 Å². The summed E-state index contributed by atoms with van der Waals surface area (Å²) in [6.45, 7) is 2.77. The van der Waals surface area contributed by atoms with Crippen LogP contribution in [0.4, 0.5) is 0 Å². The van der Waals surface area contributed by atoms with Crippen molar-refractivity contribution < 1.29 is 28.5 Å². The highest BCUT2D eigenvalue weighted by molar-refractivity contribution is 5.65. The molecule has 0 saturated carbocycles. The van der Waals surface area contributed by atoms with Crippen LogP contribution in [-0.4, -0.2) is 39.7 Å². The van der Waals surface area contributed by atoms with Crippen LogP contribution in [0, 0.1) is 0 Å². The Morgan fingerprint density at radius 1 is 0.591 bits per heavy atom. The fourth-order valence-corrected chi connectivity index (χ4v) is 0.284. The first-order valence-electron chi connectivity index (χ1n) is 3.79. The number of hydrogen-bond acceptors (Lipinski definition) is 6. The molecule has 0 aliphatic rings. The van der Waals surface area contributed by atoms with Crippen molar-refractivity contribution in [2.24, 2.45) is 0 Å². The zero-order chi connectivity index (χ0) is 11.4. The van der Waals surface area contributed by atoms with E-state index in [0.29, 0.717) is 0 Å². The molecule has 0 aromatic heterocycles. The molecule has 0 amide bonds. The van der Waals surface area contributed by atoms with Gasteiger partial charge in [0, 0.05) is 28.1 Å². The highest BCUT2D eigenvalue weighted by Gasteiger charge is 1.86. The van der Waals surface area contributed by atoms with Gasteiger partial charge in [-0.05, 0) is 0 Å². The molecule has 0 aliphatic carbocycles. The molecule has 0 aromatic carbocycles. The Bertz CT molecular complexity index is 143. The lowest BCUT2D eigenvalue weighted by molar-refractivity contribution is -0.152. The summed E-state index contributed by atoms with van der Waals surface area (Å²) in [5.74, 6) is -0.635. The molecule has 0 atom stereocenters. The summed E-state index contributed by atoms with van der Waals surface area (Å²) in [4.78, 5) is 19.8. The topological polar surface area (TPSA) is 71.1 Å². The molecule has 6 nitrogen and oxygen atoms in total. The first kappa shape index (κ1) is 69.8. The summed E-state index contributed by atoms with van der Waals surface area (Å²) in [6.07, 6.45) is 0. The number of carbonyl (C=O) groups excluding carboxylic acids is 2. The van der Waals surface area contributed by atoms with Gasteiger partial charge in [0.2, 0.25) is 0 Å². The second-order valence-electron chi connectivity index (χ2n) is 2.08. The van der Waals surface area contributed by atoms with Gasteiger partial charge in [0.05, 0.1) is 0 Å². The van der Waals surface area contributed by atoms with Gasteiger partial charge in [-0.1, -0.05) is 59.4 Å². The molecule has 0 heterocycles. The van der Waals surface area contributed by atoms with Gasteiger partial charge in [0.25, 0.3) is 0 Å². The van der Waals surface area contributed by atoms with Crippen LogP contribution in [0.3, 0.4) is 0 Å². The molecule has 22 heavy (non-hydrogen) atoms. The maximum Gasteiger partial charge on any atom is 0.304 e. The molecule has 0 rings (SSSR count). The van der Waals surface area contributed by atoms with Crippen LogP contribution in [-0.2, 0) is 28.5 Å². The van der Waals surface area contributed by atoms with Gasteiger partial charge >= 0.3 is 11.9 Å². The number of esters is 2. The predicted molar refractivity (Wildman–Crippen MR) is 101 cm³/mol. The molecule has 0 bridgehead atoms. The van der Waals surface area contributed by atoms with E-state index in [1.165, 1.54) is 28.1 Å². The fraction of sp³-hybridized carbons (Fsp3) is 0.875. The number of hydrogen-bond donors (Lipinski definition) is 0. The Balaban J connectivity index is -0.0000000120. The minimum Gasteiger partial charge on any atom is -0.439 e. The molecule has 148 valence electrons. The van der Waals surface area contributed by atoms with E-state index in [-0.39, 0.29) is 84.9 Å². The molecule has 0 radical (unpaired) electrons. The number of ether oxygens (including phenoxy) is 4. The zero-order valence-corrected chi connectivity index (χ0v) is 8.86. The Labute approximate surface area is 142 Å². The van der Waals surface area contributed by atoms with Gasteiger partial charge in [-0.2, -0.15) is 0 Å². The van der Waals surface area contributed by atoms with Crippen molar-refractivity contribution in [2.45, 2.75) is 73.3 Å². The highest BCUT2D eigenvalue weighted by atomic mass is 16.7. The van der Waals surface area contributed by atoms with Gasteiger partial charge in [-0.25, -0.2) is 0 Å². The van der Waals surface area contributed by atoms with Crippen molar-refractivity contribution in [1.82, 2.24) is 0 Å². The lowest BCUT2D eigenvalue weighted by atomic mass is 10.8. The third kappa shape index (κ3) is 128. The van der Waals surface area contributed by atoms with Crippen molar-refractivity contribution in [2.75, 3.05) is 27.8 Å². The van der Waals surface area contributed by atoms with Crippen LogP contribution in [0.25, 0.3) is 0 Å². The average molecular weight is 337 g/mol. The quantitative estimate of drug-likeness (QED) is 0.506. The minimum absolute atomic E-state index is 0. The number of methoxy groups -OCH3 is 2. The van der Waals surface area contributed by atoms with E-state index >= 15 is 0 Å². The van der Waals surface area contributed by atoms with Gasteiger partial charge < -0.3 is 18.9 Å². The molecule has 0 saturated heterocycles. The first-order valence-corrected chi connectivity index (χ1v) is 3.79. The SMILES string of the molecule is C.C.C.C.C.C.C.C.COCOC(C)=O.COCOC(C)=O. The summed E-state index contributed by atoms with van der Waals surface area (Å²) in [7, 11) is 2.92. The van der Waals surface area contributed by atoms with Gasteiger partial charge in [-0.15, -0.1) is 0 Å². The average Bonchev–Trinajstić information content (AvgIpc) is 2.12. The molecular weight excluding hydrogens is 288 g/mol. The molecule has 0 N–H and O–H groups in total. The van der Waals surface area contributed by atoms with Crippen molar-refractivity contribution in [3.05, 3.63) is 0 Å². The van der Waals surface area contributed by atoms with E-state index in [9.17, 15) is 9.59 Å². The lowest BCUT2D eigenvalue weighted by Gasteiger charge is -1.95. The van der Waals surface area contributed by atoms with Crippen LogP contribution in [0.2, 0.25) is 0 Å². The van der Waals surface area contributed by atoms with E-state index in [2.05, 4.69) is 18.9 Å². The van der Waals surface area contributed by atoms with Crippen molar-refractivity contribution in [3.8, 4) is 0 Å². The number of rotatable bonds is 4. The van der Waals surface area contributed by atoms with Crippen molar-refractivity contribution >= 4 is 11.9 Å². The summed E-state index contributed by atoms with van der Waals surface area (Å²) >= 11 is 0. The Morgan fingerprint density at radius 2 is 0.773 bits per heavy atom. The van der Waals surface area contributed by atoms with Gasteiger partial charge in [-0.3, -0.25) is 9.59 Å². The Hall–Kier alpha value is -1.14. The van der Waals surface area contributed by atoms with Crippen LogP contribution < -0.4 is 0 Å². The third-order valence-corrected chi connectivity index (χ3v) is 0.760.